The quantitative estimate of drug-likeness (QED) is 0.637. The second-order valence-electron chi connectivity index (χ2n) is 4.19. The molecule has 0 aliphatic carbocycles. The standard InChI is InChI=1S/C12H18N4O5/c1-5-15(2)9(17)7-16-8(6-10(18)20-3)11(13-14-16)12(19)21-4/h5-7H2,1-4H3. The number of methoxy groups -OCH3 is 2. The van der Waals surface area contributed by atoms with Crippen LogP contribution in [0.15, 0.2) is 0 Å². The summed E-state index contributed by atoms with van der Waals surface area (Å²) in [7, 11) is 4.06. The molecular weight excluding hydrogens is 280 g/mol. The lowest BCUT2D eigenvalue weighted by atomic mass is 10.2. The van der Waals surface area contributed by atoms with Crippen molar-refractivity contribution in [3.8, 4) is 0 Å². The number of nitrogens with zero attached hydrogens (tertiary/aromatic N) is 4. The van der Waals surface area contributed by atoms with Crippen molar-refractivity contribution in [3.05, 3.63) is 11.4 Å². The number of amides is 1. The van der Waals surface area contributed by atoms with E-state index in [-0.39, 0.29) is 30.3 Å². The summed E-state index contributed by atoms with van der Waals surface area (Å²) in [6.07, 6.45) is -0.225. The van der Waals surface area contributed by atoms with Gasteiger partial charge in [-0.05, 0) is 6.92 Å². The van der Waals surface area contributed by atoms with Crippen LogP contribution in [-0.2, 0) is 32.0 Å². The van der Waals surface area contributed by atoms with Crippen molar-refractivity contribution in [1.82, 2.24) is 19.9 Å². The summed E-state index contributed by atoms with van der Waals surface area (Å²) in [6, 6.07) is 0. The van der Waals surface area contributed by atoms with E-state index < -0.39 is 11.9 Å². The van der Waals surface area contributed by atoms with Gasteiger partial charge in [0.05, 0.1) is 26.3 Å². The van der Waals surface area contributed by atoms with Gasteiger partial charge in [-0.1, -0.05) is 5.21 Å². The first-order valence-electron chi connectivity index (χ1n) is 6.26. The molecule has 1 amide bonds. The molecule has 21 heavy (non-hydrogen) atoms. The summed E-state index contributed by atoms with van der Waals surface area (Å²) in [5.41, 5.74) is 0.0846. The predicted molar refractivity (Wildman–Crippen MR) is 70.4 cm³/mol. The Kier molecular flexibility index (Phi) is 5.82. The lowest BCUT2D eigenvalue weighted by Gasteiger charge is -2.14. The third-order valence-electron chi connectivity index (χ3n) is 2.94. The van der Waals surface area contributed by atoms with Crippen molar-refractivity contribution in [2.24, 2.45) is 0 Å². The second kappa shape index (κ2) is 7.36. The van der Waals surface area contributed by atoms with Crippen LogP contribution in [0.25, 0.3) is 0 Å². The topological polar surface area (TPSA) is 104 Å². The smallest absolute Gasteiger partial charge is 0.360 e. The van der Waals surface area contributed by atoms with Crippen LogP contribution in [0, 0.1) is 0 Å². The number of hydrogen-bond donors (Lipinski definition) is 0. The minimum Gasteiger partial charge on any atom is -0.469 e. The molecular formula is C12H18N4O5. The van der Waals surface area contributed by atoms with Crippen molar-refractivity contribution in [2.75, 3.05) is 27.8 Å². The monoisotopic (exact) mass is 298 g/mol. The first kappa shape index (κ1) is 16.6. The van der Waals surface area contributed by atoms with Gasteiger partial charge in [0.15, 0.2) is 5.69 Å². The van der Waals surface area contributed by atoms with E-state index in [1.54, 1.807) is 7.05 Å². The van der Waals surface area contributed by atoms with Gasteiger partial charge in [0, 0.05) is 13.6 Å². The number of ether oxygens (including phenoxy) is 2. The first-order chi connectivity index (χ1) is 9.94. The van der Waals surface area contributed by atoms with Crippen LogP contribution < -0.4 is 0 Å². The highest BCUT2D eigenvalue weighted by Crippen LogP contribution is 2.09. The number of hydrogen-bond acceptors (Lipinski definition) is 7. The molecule has 0 N–H and O–H groups in total. The number of aromatic nitrogens is 3. The molecule has 0 aliphatic heterocycles. The zero-order chi connectivity index (χ0) is 16.0. The maximum Gasteiger partial charge on any atom is 0.360 e. The van der Waals surface area contributed by atoms with Crippen molar-refractivity contribution >= 4 is 17.8 Å². The highest BCUT2D eigenvalue weighted by molar-refractivity contribution is 5.90. The summed E-state index contributed by atoms with van der Waals surface area (Å²) in [5, 5.41) is 7.41. The minimum absolute atomic E-state index is 0.102. The normalized spacial score (nSPS) is 10.1. The van der Waals surface area contributed by atoms with E-state index in [4.69, 9.17) is 0 Å². The van der Waals surface area contributed by atoms with Gasteiger partial charge in [0.25, 0.3) is 0 Å². The van der Waals surface area contributed by atoms with E-state index in [2.05, 4.69) is 19.8 Å². The lowest BCUT2D eigenvalue weighted by molar-refractivity contribution is -0.140. The number of esters is 2. The highest BCUT2D eigenvalue weighted by atomic mass is 16.5. The van der Waals surface area contributed by atoms with Crippen LogP contribution in [0.2, 0.25) is 0 Å². The Labute approximate surface area is 121 Å². The third kappa shape index (κ3) is 4.01. The molecule has 0 unspecified atom stereocenters. The van der Waals surface area contributed by atoms with Gasteiger partial charge < -0.3 is 14.4 Å². The zero-order valence-corrected chi connectivity index (χ0v) is 12.5. The van der Waals surface area contributed by atoms with Crippen LogP contribution in [0.1, 0.15) is 23.1 Å². The van der Waals surface area contributed by atoms with Gasteiger partial charge in [-0.25, -0.2) is 9.48 Å². The average molecular weight is 298 g/mol. The Morgan fingerprint density at radius 1 is 1.24 bits per heavy atom. The number of rotatable bonds is 6. The van der Waals surface area contributed by atoms with E-state index >= 15 is 0 Å². The fourth-order valence-electron chi connectivity index (χ4n) is 1.52. The lowest BCUT2D eigenvalue weighted by Crippen LogP contribution is -2.31. The molecule has 0 aromatic carbocycles. The summed E-state index contributed by atoms with van der Waals surface area (Å²) < 4.78 is 10.3. The van der Waals surface area contributed by atoms with E-state index in [0.717, 1.165) is 0 Å². The van der Waals surface area contributed by atoms with Gasteiger partial charge in [-0.15, -0.1) is 5.10 Å². The van der Waals surface area contributed by atoms with E-state index in [0.29, 0.717) is 6.54 Å². The molecule has 0 saturated carbocycles. The Hall–Kier alpha value is -2.45. The van der Waals surface area contributed by atoms with Crippen LogP contribution in [0.3, 0.4) is 0 Å². The van der Waals surface area contributed by atoms with Gasteiger partial charge in [0.1, 0.15) is 6.54 Å². The zero-order valence-electron chi connectivity index (χ0n) is 12.5. The Bertz CT molecular complexity index is 540. The minimum atomic E-state index is -0.726. The van der Waals surface area contributed by atoms with E-state index in [1.807, 2.05) is 6.92 Å². The Morgan fingerprint density at radius 2 is 1.90 bits per heavy atom. The number of likely N-dealkylation sites (N-methyl/N-ethyl adjacent to an activating group) is 1. The van der Waals surface area contributed by atoms with Crippen LogP contribution in [0.4, 0.5) is 0 Å². The van der Waals surface area contributed by atoms with Crippen LogP contribution in [-0.4, -0.2) is 65.6 Å². The largest absolute Gasteiger partial charge is 0.469 e. The van der Waals surface area contributed by atoms with Gasteiger partial charge in [-0.3, -0.25) is 9.59 Å². The molecule has 0 bridgehead atoms. The molecule has 1 heterocycles. The Balaban J connectivity index is 3.08. The molecule has 0 saturated heterocycles. The van der Waals surface area contributed by atoms with E-state index in [1.165, 1.54) is 23.8 Å². The third-order valence-corrected chi connectivity index (χ3v) is 2.94. The summed E-state index contributed by atoms with van der Waals surface area (Å²) in [4.78, 5) is 36.4. The number of carbonyl (C=O) groups is 3. The predicted octanol–water partition coefficient (Wildman–Crippen LogP) is -0.741. The molecule has 1 aromatic rings. The molecule has 0 atom stereocenters. The van der Waals surface area contributed by atoms with Crippen molar-refractivity contribution in [1.29, 1.82) is 0 Å². The van der Waals surface area contributed by atoms with E-state index in [9.17, 15) is 14.4 Å². The average Bonchev–Trinajstić information content (AvgIpc) is 2.87. The highest BCUT2D eigenvalue weighted by Gasteiger charge is 2.24. The molecule has 0 radical (unpaired) electrons. The fraction of sp³-hybridized carbons (Fsp3) is 0.583. The molecule has 0 spiro atoms. The fourth-order valence-corrected chi connectivity index (χ4v) is 1.52. The van der Waals surface area contributed by atoms with Crippen LogP contribution >= 0.6 is 0 Å². The van der Waals surface area contributed by atoms with Crippen molar-refractivity contribution in [2.45, 2.75) is 19.9 Å². The first-order valence-corrected chi connectivity index (χ1v) is 6.26. The van der Waals surface area contributed by atoms with Gasteiger partial charge in [0.2, 0.25) is 5.91 Å². The van der Waals surface area contributed by atoms with Crippen molar-refractivity contribution in [3.63, 3.8) is 0 Å². The summed E-state index contributed by atoms with van der Waals surface area (Å²) in [5.74, 6) is -1.51. The molecule has 0 fully saturated rings. The molecule has 9 nitrogen and oxygen atoms in total. The molecule has 1 aromatic heterocycles. The van der Waals surface area contributed by atoms with Crippen LogP contribution in [0.5, 0.6) is 0 Å². The Morgan fingerprint density at radius 3 is 2.43 bits per heavy atom. The molecule has 116 valence electrons. The van der Waals surface area contributed by atoms with Gasteiger partial charge in [-0.2, -0.15) is 0 Å². The maximum absolute atomic E-state index is 11.9. The maximum atomic E-state index is 11.9. The van der Waals surface area contributed by atoms with Crippen molar-refractivity contribution < 1.29 is 23.9 Å². The second-order valence-corrected chi connectivity index (χ2v) is 4.19. The summed E-state index contributed by atoms with van der Waals surface area (Å²) in [6.45, 7) is 2.23. The summed E-state index contributed by atoms with van der Waals surface area (Å²) >= 11 is 0. The number of carbonyl (C=O) groups excluding carboxylic acids is 3. The molecule has 9 heteroatoms. The molecule has 1 rings (SSSR count). The SMILES string of the molecule is CCN(C)C(=O)Cn1nnc(C(=O)OC)c1CC(=O)OC. The molecule has 0 aliphatic rings. The van der Waals surface area contributed by atoms with Gasteiger partial charge >= 0.3 is 11.9 Å².